The Hall–Kier alpha value is -2.89. The highest BCUT2D eigenvalue weighted by atomic mass is 19.1. The van der Waals surface area contributed by atoms with Crippen molar-refractivity contribution in [2.75, 3.05) is 7.11 Å². The number of nitrogens with zero attached hydrogens (tertiary/aromatic N) is 1. The van der Waals surface area contributed by atoms with Crippen LogP contribution in [0.4, 0.5) is 4.39 Å². The first-order valence-electron chi connectivity index (χ1n) is 6.61. The predicted octanol–water partition coefficient (Wildman–Crippen LogP) is 2.65. The molecule has 0 saturated carbocycles. The van der Waals surface area contributed by atoms with Crippen molar-refractivity contribution in [3.63, 3.8) is 0 Å². The normalized spacial score (nSPS) is 10.6. The Labute approximate surface area is 125 Å². The predicted molar refractivity (Wildman–Crippen MR) is 79.6 cm³/mol. The van der Waals surface area contributed by atoms with Gasteiger partial charge < -0.3 is 14.5 Å². The molecule has 22 heavy (non-hydrogen) atoms. The van der Waals surface area contributed by atoms with Crippen LogP contribution in [0.3, 0.4) is 0 Å². The summed E-state index contributed by atoms with van der Waals surface area (Å²) in [5, 5.41) is 0.449. The lowest BCUT2D eigenvalue weighted by Crippen LogP contribution is -2.14. The number of benzene rings is 2. The molecular weight excluding hydrogens is 287 g/mol. The number of methoxy groups -OCH3 is 1. The third-order valence-electron chi connectivity index (χ3n) is 3.16. The molecule has 5 nitrogen and oxygen atoms in total. The van der Waals surface area contributed by atoms with E-state index in [9.17, 15) is 9.18 Å². The van der Waals surface area contributed by atoms with Crippen molar-refractivity contribution in [3.8, 4) is 11.5 Å². The van der Waals surface area contributed by atoms with Crippen molar-refractivity contribution in [1.29, 1.82) is 0 Å². The summed E-state index contributed by atoms with van der Waals surface area (Å²) in [7, 11) is 1.52. The first-order chi connectivity index (χ1) is 10.7. The molecule has 0 unspecified atom stereocenters. The average molecular weight is 300 g/mol. The van der Waals surface area contributed by atoms with Crippen LogP contribution in [-0.2, 0) is 6.61 Å². The first kappa shape index (κ1) is 14.1. The van der Waals surface area contributed by atoms with Gasteiger partial charge in [0.2, 0.25) is 0 Å². The molecule has 0 atom stereocenters. The summed E-state index contributed by atoms with van der Waals surface area (Å²) in [5.74, 6) is 1.04. The molecule has 1 aromatic heterocycles. The van der Waals surface area contributed by atoms with E-state index in [-0.39, 0.29) is 18.0 Å². The molecule has 0 spiro atoms. The second-order valence-corrected chi connectivity index (χ2v) is 4.61. The topological polar surface area (TPSA) is 64.2 Å². The smallest absolute Gasteiger partial charge is 0.259 e. The van der Waals surface area contributed by atoms with Gasteiger partial charge in [-0.2, -0.15) is 0 Å². The van der Waals surface area contributed by atoms with Gasteiger partial charge in [-0.15, -0.1) is 0 Å². The van der Waals surface area contributed by atoms with Gasteiger partial charge in [0.25, 0.3) is 5.56 Å². The largest absolute Gasteiger partial charge is 0.494 e. The molecule has 0 aliphatic carbocycles. The zero-order valence-electron chi connectivity index (χ0n) is 11.8. The number of halogens is 1. The standard InChI is InChI=1S/C16H13FN2O3/c1-21-13-4-2-3-12-15(13)18-14(19-16(12)20)9-22-11-7-5-10(17)6-8-11/h2-8H,9H2,1H3,(H,18,19,20). The summed E-state index contributed by atoms with van der Waals surface area (Å²) in [6.45, 7) is 0.0643. The van der Waals surface area contributed by atoms with E-state index in [0.29, 0.717) is 28.2 Å². The van der Waals surface area contributed by atoms with E-state index in [1.54, 1.807) is 18.2 Å². The van der Waals surface area contributed by atoms with Gasteiger partial charge in [0.1, 0.15) is 35.3 Å². The summed E-state index contributed by atoms with van der Waals surface area (Å²) < 4.78 is 23.5. The van der Waals surface area contributed by atoms with Crippen LogP contribution in [0.1, 0.15) is 5.82 Å². The lowest BCUT2D eigenvalue weighted by molar-refractivity contribution is 0.295. The number of fused-ring (bicyclic) bond motifs is 1. The van der Waals surface area contributed by atoms with Gasteiger partial charge in [0, 0.05) is 0 Å². The maximum Gasteiger partial charge on any atom is 0.259 e. The fourth-order valence-electron chi connectivity index (χ4n) is 2.10. The van der Waals surface area contributed by atoms with Gasteiger partial charge in [-0.25, -0.2) is 9.37 Å². The number of hydrogen-bond acceptors (Lipinski definition) is 4. The molecule has 1 heterocycles. The third kappa shape index (κ3) is 2.76. The number of aromatic amines is 1. The quantitative estimate of drug-likeness (QED) is 0.804. The molecule has 0 fully saturated rings. The molecule has 6 heteroatoms. The fraction of sp³-hybridized carbons (Fsp3) is 0.125. The van der Waals surface area contributed by atoms with Crippen LogP contribution in [0, 0.1) is 5.82 Å². The zero-order valence-corrected chi connectivity index (χ0v) is 11.8. The summed E-state index contributed by atoms with van der Waals surface area (Å²) in [6.07, 6.45) is 0. The van der Waals surface area contributed by atoms with Crippen LogP contribution >= 0.6 is 0 Å². The molecular formula is C16H13FN2O3. The Morgan fingerprint density at radius 2 is 1.95 bits per heavy atom. The highest BCUT2D eigenvalue weighted by Gasteiger charge is 2.09. The minimum atomic E-state index is -0.339. The van der Waals surface area contributed by atoms with Crippen molar-refractivity contribution in [2.45, 2.75) is 6.61 Å². The highest BCUT2D eigenvalue weighted by molar-refractivity contribution is 5.83. The molecule has 3 aromatic rings. The van der Waals surface area contributed by atoms with Crippen molar-refractivity contribution >= 4 is 10.9 Å². The number of hydrogen-bond donors (Lipinski definition) is 1. The Balaban J connectivity index is 1.91. The number of ether oxygens (including phenoxy) is 2. The van der Waals surface area contributed by atoms with Gasteiger partial charge in [0.05, 0.1) is 12.5 Å². The molecule has 0 bridgehead atoms. The minimum Gasteiger partial charge on any atom is -0.494 e. The molecule has 112 valence electrons. The van der Waals surface area contributed by atoms with E-state index in [4.69, 9.17) is 9.47 Å². The molecule has 2 aromatic carbocycles. The summed E-state index contributed by atoms with van der Waals surface area (Å²) >= 11 is 0. The van der Waals surface area contributed by atoms with Gasteiger partial charge in [0.15, 0.2) is 0 Å². The number of H-pyrrole nitrogens is 1. The number of nitrogens with one attached hydrogen (secondary N) is 1. The van der Waals surface area contributed by atoms with E-state index < -0.39 is 0 Å². The molecule has 0 amide bonds. The van der Waals surface area contributed by atoms with Crippen molar-refractivity contribution in [1.82, 2.24) is 9.97 Å². The second-order valence-electron chi connectivity index (χ2n) is 4.61. The fourth-order valence-corrected chi connectivity index (χ4v) is 2.10. The van der Waals surface area contributed by atoms with Crippen LogP contribution in [-0.4, -0.2) is 17.1 Å². The SMILES string of the molecule is COc1cccc2c(=O)[nH]c(COc3ccc(F)cc3)nc12. The summed E-state index contributed by atoms with van der Waals surface area (Å²) in [5.41, 5.74) is 0.216. The van der Waals surface area contributed by atoms with Crippen LogP contribution in [0.2, 0.25) is 0 Å². The lowest BCUT2D eigenvalue weighted by atomic mass is 10.2. The van der Waals surface area contributed by atoms with Gasteiger partial charge >= 0.3 is 0 Å². The maximum absolute atomic E-state index is 12.8. The molecule has 0 aliphatic heterocycles. The molecule has 0 radical (unpaired) electrons. The lowest BCUT2D eigenvalue weighted by Gasteiger charge is -2.08. The van der Waals surface area contributed by atoms with Crippen molar-refractivity contribution in [3.05, 3.63) is 64.5 Å². The molecule has 0 saturated heterocycles. The first-order valence-corrected chi connectivity index (χ1v) is 6.61. The third-order valence-corrected chi connectivity index (χ3v) is 3.16. The zero-order chi connectivity index (χ0) is 15.5. The Morgan fingerprint density at radius 3 is 2.68 bits per heavy atom. The average Bonchev–Trinajstić information content (AvgIpc) is 2.54. The summed E-state index contributed by atoms with van der Waals surface area (Å²) in [6, 6.07) is 10.8. The van der Waals surface area contributed by atoms with E-state index in [1.165, 1.54) is 31.4 Å². The Kier molecular flexibility index (Phi) is 3.74. The van der Waals surface area contributed by atoms with Crippen LogP contribution in [0.5, 0.6) is 11.5 Å². The van der Waals surface area contributed by atoms with Crippen molar-refractivity contribution in [2.24, 2.45) is 0 Å². The van der Waals surface area contributed by atoms with Gasteiger partial charge in [-0.05, 0) is 36.4 Å². The van der Waals surface area contributed by atoms with E-state index in [2.05, 4.69) is 9.97 Å². The maximum atomic E-state index is 12.8. The number of aromatic nitrogens is 2. The second kappa shape index (κ2) is 5.85. The van der Waals surface area contributed by atoms with Crippen LogP contribution < -0.4 is 15.0 Å². The van der Waals surface area contributed by atoms with Crippen LogP contribution in [0.15, 0.2) is 47.3 Å². The van der Waals surface area contributed by atoms with E-state index in [1.807, 2.05) is 0 Å². The van der Waals surface area contributed by atoms with Gasteiger partial charge in [-0.3, -0.25) is 4.79 Å². The minimum absolute atomic E-state index is 0.0643. The Bertz CT molecular complexity index is 859. The number of para-hydroxylation sites is 1. The van der Waals surface area contributed by atoms with Gasteiger partial charge in [-0.1, -0.05) is 6.07 Å². The number of rotatable bonds is 4. The molecule has 1 N–H and O–H groups in total. The Morgan fingerprint density at radius 1 is 1.18 bits per heavy atom. The highest BCUT2D eigenvalue weighted by Crippen LogP contribution is 2.21. The van der Waals surface area contributed by atoms with E-state index in [0.717, 1.165) is 0 Å². The molecule has 3 rings (SSSR count). The monoisotopic (exact) mass is 300 g/mol. The van der Waals surface area contributed by atoms with E-state index >= 15 is 0 Å². The molecule has 0 aliphatic rings. The van der Waals surface area contributed by atoms with Crippen LogP contribution in [0.25, 0.3) is 10.9 Å². The van der Waals surface area contributed by atoms with Crippen molar-refractivity contribution < 1.29 is 13.9 Å². The summed E-state index contributed by atoms with van der Waals surface area (Å²) in [4.78, 5) is 19.1.